The summed E-state index contributed by atoms with van der Waals surface area (Å²) in [5.41, 5.74) is 7.71. The standard InChI is InChI=1S/C37H48N10O3S/c1-21(25-11-8-16-45(25)5)47-33-24(19-40-47)32(46-17-9-15-37(49,20-46)34(48)43-35(2,3)4)41-31(42-33)28-22-10-6-13-36(29(22)50-44-28)14-7-12-26-27(36)23(18-38)30(39)51-26/h19,21,25,49H,6-17,20,39H2,1-5H3,(H,43,48)/t21-,25-,36-,37?/m0/s1. The molecule has 270 valence electrons. The summed E-state index contributed by atoms with van der Waals surface area (Å²) in [5, 5.41) is 35.9. The number of nitrogens with zero attached hydrogens (tertiary/aromatic N) is 8. The molecular weight excluding hydrogens is 665 g/mol. The summed E-state index contributed by atoms with van der Waals surface area (Å²) in [7, 11) is 2.16. The Balaban J connectivity index is 1.27. The van der Waals surface area contributed by atoms with Gasteiger partial charge >= 0.3 is 0 Å². The molecule has 0 radical (unpaired) electrons. The number of aromatic nitrogens is 5. The number of likely N-dealkylation sites (tertiary alicyclic amines) is 1. The van der Waals surface area contributed by atoms with Gasteiger partial charge in [0.05, 0.1) is 35.1 Å². The minimum atomic E-state index is -1.59. The van der Waals surface area contributed by atoms with Crippen LogP contribution in [0.15, 0.2) is 10.7 Å². The first kappa shape index (κ1) is 34.0. The van der Waals surface area contributed by atoms with Crippen LogP contribution in [0.5, 0.6) is 0 Å². The van der Waals surface area contributed by atoms with Gasteiger partial charge in [0.15, 0.2) is 28.5 Å². The average Bonchev–Trinajstić information content (AvgIpc) is 3.88. The van der Waals surface area contributed by atoms with Crippen LogP contribution < -0.4 is 16.0 Å². The number of likely N-dealkylation sites (N-methyl/N-ethyl adjacent to an activating group) is 1. The van der Waals surface area contributed by atoms with Gasteiger partial charge in [0.2, 0.25) is 0 Å². The Morgan fingerprint density at radius 3 is 2.69 bits per heavy atom. The minimum absolute atomic E-state index is 0.0463. The lowest BCUT2D eigenvalue weighted by Gasteiger charge is -2.40. The van der Waals surface area contributed by atoms with Crippen LogP contribution in [0.1, 0.15) is 112 Å². The molecule has 4 N–H and O–H groups in total. The number of rotatable bonds is 5. The Morgan fingerprint density at radius 2 is 1.96 bits per heavy atom. The fourth-order valence-corrected chi connectivity index (χ4v) is 10.5. The largest absolute Gasteiger partial charge is 0.389 e. The van der Waals surface area contributed by atoms with Crippen molar-refractivity contribution in [2.75, 3.05) is 37.3 Å². The van der Waals surface area contributed by atoms with E-state index < -0.39 is 16.6 Å². The van der Waals surface area contributed by atoms with Crippen LogP contribution in [-0.4, -0.2) is 84.7 Å². The smallest absolute Gasteiger partial charge is 0.254 e. The van der Waals surface area contributed by atoms with Crippen molar-refractivity contribution in [3.8, 4) is 17.6 Å². The zero-order valence-electron chi connectivity index (χ0n) is 30.3. The SMILES string of the molecule is C[C@@H]([C@@H]1CCCN1C)n1ncc2c(N3CCCC(O)(C(=O)NC(C)(C)C)C3)nc(-c3noc4c3CCC[C@@]43CCCc4sc(N)c(C#N)c43)nc21. The third-order valence-corrected chi connectivity index (χ3v) is 12.8. The molecule has 14 heteroatoms. The van der Waals surface area contributed by atoms with E-state index in [1.165, 1.54) is 16.2 Å². The van der Waals surface area contributed by atoms with Gasteiger partial charge in [-0.25, -0.2) is 14.6 Å². The van der Waals surface area contributed by atoms with E-state index in [4.69, 9.17) is 30.5 Å². The highest BCUT2D eigenvalue weighted by Gasteiger charge is 2.49. The molecule has 1 spiro atoms. The van der Waals surface area contributed by atoms with Crippen molar-refractivity contribution in [2.45, 2.75) is 121 Å². The van der Waals surface area contributed by atoms with Crippen molar-refractivity contribution in [1.82, 2.24) is 35.1 Å². The van der Waals surface area contributed by atoms with Gasteiger partial charge in [0.25, 0.3) is 5.91 Å². The molecule has 1 unspecified atom stereocenters. The predicted molar refractivity (Wildman–Crippen MR) is 196 cm³/mol. The van der Waals surface area contributed by atoms with Crippen LogP contribution >= 0.6 is 11.3 Å². The Morgan fingerprint density at radius 1 is 1.18 bits per heavy atom. The summed E-state index contributed by atoms with van der Waals surface area (Å²) in [4.78, 5) is 29.4. The van der Waals surface area contributed by atoms with Gasteiger partial charge in [-0.3, -0.25) is 4.79 Å². The van der Waals surface area contributed by atoms with E-state index in [9.17, 15) is 15.2 Å². The van der Waals surface area contributed by atoms with Crippen molar-refractivity contribution in [2.24, 2.45) is 0 Å². The lowest BCUT2D eigenvalue weighted by Crippen LogP contribution is -2.60. The van der Waals surface area contributed by atoms with E-state index in [1.54, 1.807) is 0 Å². The van der Waals surface area contributed by atoms with Crippen molar-refractivity contribution >= 4 is 39.1 Å². The number of nitrogens with two attached hydrogens (primary N) is 1. The van der Waals surface area contributed by atoms with Gasteiger partial charge in [-0.15, -0.1) is 11.3 Å². The Hall–Kier alpha value is -4.06. The second-order valence-corrected chi connectivity index (χ2v) is 17.4. The summed E-state index contributed by atoms with van der Waals surface area (Å²) < 4.78 is 8.36. The predicted octanol–water partition coefficient (Wildman–Crippen LogP) is 4.86. The summed E-state index contributed by atoms with van der Waals surface area (Å²) in [6, 6.07) is 2.76. The average molecular weight is 713 g/mol. The Labute approximate surface area is 302 Å². The van der Waals surface area contributed by atoms with Crippen LogP contribution in [0.3, 0.4) is 0 Å². The maximum atomic E-state index is 13.5. The number of aliphatic hydroxyl groups is 1. The molecule has 2 aliphatic heterocycles. The second-order valence-electron chi connectivity index (χ2n) is 16.3. The number of aryl methyl sites for hydroxylation is 1. The van der Waals surface area contributed by atoms with Gasteiger partial charge in [-0.1, -0.05) is 5.16 Å². The molecule has 4 aromatic rings. The quantitative estimate of drug-likeness (QED) is 0.258. The first-order valence-corrected chi connectivity index (χ1v) is 19.2. The molecule has 13 nitrogen and oxygen atoms in total. The zero-order valence-corrected chi connectivity index (χ0v) is 31.1. The van der Waals surface area contributed by atoms with Crippen LogP contribution in [0.4, 0.5) is 10.8 Å². The molecule has 0 saturated carbocycles. The van der Waals surface area contributed by atoms with Crippen LogP contribution in [0.2, 0.25) is 0 Å². The Kier molecular flexibility index (Phi) is 8.20. The van der Waals surface area contributed by atoms with Crippen LogP contribution in [0, 0.1) is 11.3 Å². The molecule has 1 amide bonds. The second kappa shape index (κ2) is 12.3. The van der Waals surface area contributed by atoms with E-state index in [-0.39, 0.29) is 18.5 Å². The van der Waals surface area contributed by atoms with Gasteiger partial charge in [0.1, 0.15) is 16.9 Å². The third-order valence-electron chi connectivity index (χ3n) is 11.7. The number of nitrogen functional groups attached to an aromatic ring is 1. The number of anilines is 2. The molecule has 51 heavy (non-hydrogen) atoms. The maximum Gasteiger partial charge on any atom is 0.254 e. The van der Waals surface area contributed by atoms with Crippen molar-refractivity contribution in [3.63, 3.8) is 0 Å². The number of nitriles is 1. The summed E-state index contributed by atoms with van der Waals surface area (Å²) in [6.07, 6.45) is 10.3. The normalized spacial score (nSPS) is 25.9. The molecule has 4 atom stereocenters. The Bertz CT molecular complexity index is 2050. The number of amides is 1. The van der Waals surface area contributed by atoms with Gasteiger partial charge in [0, 0.05) is 28.6 Å². The highest BCUT2D eigenvalue weighted by molar-refractivity contribution is 7.16. The summed E-state index contributed by atoms with van der Waals surface area (Å²) in [5.74, 6) is 1.47. The number of piperidine rings is 1. The maximum absolute atomic E-state index is 13.5. The molecule has 0 aromatic carbocycles. The number of carbonyl (C=O) groups excluding carboxylic acids is 1. The van der Waals surface area contributed by atoms with Gasteiger partial charge in [-0.2, -0.15) is 10.4 Å². The number of thiophene rings is 1. The first-order valence-electron chi connectivity index (χ1n) is 18.4. The molecule has 2 fully saturated rings. The number of carbonyl (C=O) groups is 1. The van der Waals surface area contributed by atoms with Crippen LogP contribution in [0.25, 0.3) is 22.6 Å². The molecule has 6 heterocycles. The topological polar surface area (TPSA) is 175 Å². The molecule has 4 aromatic heterocycles. The first-order chi connectivity index (χ1) is 24.3. The summed E-state index contributed by atoms with van der Waals surface area (Å²) >= 11 is 1.53. The number of hydrogen-bond donors (Lipinski definition) is 3. The molecule has 8 rings (SSSR count). The lowest BCUT2D eigenvalue weighted by atomic mass is 9.63. The number of nitrogens with one attached hydrogen (secondary N) is 1. The highest BCUT2D eigenvalue weighted by Crippen LogP contribution is 2.55. The van der Waals surface area contributed by atoms with E-state index in [0.29, 0.717) is 59.0 Å². The lowest BCUT2D eigenvalue weighted by molar-refractivity contribution is -0.142. The van der Waals surface area contributed by atoms with Crippen molar-refractivity contribution in [3.05, 3.63) is 33.5 Å². The molecule has 0 bridgehead atoms. The van der Waals surface area contributed by atoms with E-state index in [1.807, 2.05) is 36.5 Å². The zero-order chi connectivity index (χ0) is 35.9. The minimum Gasteiger partial charge on any atom is -0.389 e. The molecule has 4 aliphatic rings. The van der Waals surface area contributed by atoms with Crippen LogP contribution in [-0.2, 0) is 23.1 Å². The molecular formula is C37H48N10O3S. The van der Waals surface area contributed by atoms with Gasteiger partial charge < -0.3 is 30.5 Å². The summed E-state index contributed by atoms with van der Waals surface area (Å²) in [6.45, 7) is 9.68. The number of β-amino-alcohol motifs (C(OH)–C–C–N with tert-alkyl or cyclic N) is 1. The number of hydrogen-bond acceptors (Lipinski definition) is 12. The van der Waals surface area contributed by atoms with E-state index in [0.717, 1.165) is 80.2 Å². The van der Waals surface area contributed by atoms with Gasteiger partial charge in [-0.05, 0) is 111 Å². The van der Waals surface area contributed by atoms with Crippen molar-refractivity contribution < 1.29 is 14.4 Å². The molecule has 2 aliphatic carbocycles. The van der Waals surface area contributed by atoms with E-state index >= 15 is 0 Å². The van der Waals surface area contributed by atoms with Crippen molar-refractivity contribution in [1.29, 1.82) is 5.26 Å². The fourth-order valence-electron chi connectivity index (χ4n) is 9.34. The monoisotopic (exact) mass is 712 g/mol. The fraction of sp³-hybridized carbons (Fsp3) is 0.622. The molecule has 2 saturated heterocycles. The van der Waals surface area contributed by atoms with E-state index in [2.05, 4.69) is 30.3 Å². The number of fused-ring (bicyclic) bond motifs is 5. The highest BCUT2D eigenvalue weighted by atomic mass is 32.1. The third kappa shape index (κ3) is 5.50.